The van der Waals surface area contributed by atoms with Crippen LogP contribution < -0.4 is 10.6 Å². The van der Waals surface area contributed by atoms with Gasteiger partial charge in [0.15, 0.2) is 0 Å². The number of hydrogen-bond acceptors (Lipinski definition) is 4. The number of amides is 2. The Hall–Kier alpha value is -3.48. The number of carbonyl (C=O) groups is 2. The standard InChI is InChI=1S/C20H21N3O4/c1-20(2,3)22-19(25)16-6-4-5-7-17(16)21-18(24)13-10-14-8-11-15(12-9-14)23(26)27/h4-13H,1-3H3,(H,21,24)(H,22,25). The van der Waals surface area contributed by atoms with Crippen molar-refractivity contribution in [1.82, 2.24) is 5.32 Å². The Morgan fingerprint density at radius 2 is 1.67 bits per heavy atom. The van der Waals surface area contributed by atoms with Crippen LogP contribution in [0.5, 0.6) is 0 Å². The molecular formula is C20H21N3O4. The Kier molecular flexibility index (Phi) is 6.07. The fourth-order valence-electron chi connectivity index (χ4n) is 2.25. The lowest BCUT2D eigenvalue weighted by Gasteiger charge is -2.21. The normalized spacial score (nSPS) is 11.2. The van der Waals surface area contributed by atoms with E-state index in [0.29, 0.717) is 16.8 Å². The number of nitro benzene ring substituents is 1. The number of nitro groups is 1. The van der Waals surface area contributed by atoms with E-state index in [2.05, 4.69) is 10.6 Å². The van der Waals surface area contributed by atoms with Gasteiger partial charge in [0.2, 0.25) is 5.91 Å². The zero-order chi connectivity index (χ0) is 20.0. The molecule has 2 aromatic rings. The van der Waals surface area contributed by atoms with Crippen LogP contribution >= 0.6 is 0 Å². The molecule has 0 aliphatic heterocycles. The molecule has 2 amide bonds. The SMILES string of the molecule is CC(C)(C)NC(=O)c1ccccc1NC(=O)C=Cc1ccc([N+](=O)[O-])cc1. The van der Waals surface area contributed by atoms with E-state index in [1.165, 1.54) is 24.3 Å². The quantitative estimate of drug-likeness (QED) is 0.477. The molecule has 2 N–H and O–H groups in total. The maximum absolute atomic E-state index is 12.4. The van der Waals surface area contributed by atoms with Crippen molar-refractivity contribution in [2.75, 3.05) is 5.32 Å². The van der Waals surface area contributed by atoms with Crippen molar-refractivity contribution in [3.63, 3.8) is 0 Å². The number of para-hydroxylation sites is 1. The predicted octanol–water partition coefficient (Wildman–Crippen LogP) is 3.78. The number of rotatable bonds is 5. The fourth-order valence-corrected chi connectivity index (χ4v) is 2.25. The molecule has 0 aliphatic carbocycles. The van der Waals surface area contributed by atoms with Crippen LogP contribution in [-0.2, 0) is 4.79 Å². The van der Waals surface area contributed by atoms with Crippen LogP contribution in [0.2, 0.25) is 0 Å². The average Bonchev–Trinajstić information content (AvgIpc) is 2.59. The topological polar surface area (TPSA) is 101 Å². The van der Waals surface area contributed by atoms with Crippen molar-refractivity contribution >= 4 is 29.3 Å². The van der Waals surface area contributed by atoms with E-state index in [-0.39, 0.29) is 11.6 Å². The van der Waals surface area contributed by atoms with Gasteiger partial charge >= 0.3 is 0 Å². The smallest absolute Gasteiger partial charge is 0.269 e. The Balaban J connectivity index is 2.09. The van der Waals surface area contributed by atoms with Crippen LogP contribution in [0.1, 0.15) is 36.7 Å². The lowest BCUT2D eigenvalue weighted by Crippen LogP contribution is -2.40. The zero-order valence-corrected chi connectivity index (χ0v) is 15.4. The maximum Gasteiger partial charge on any atom is 0.269 e. The van der Waals surface area contributed by atoms with Gasteiger partial charge in [-0.25, -0.2) is 0 Å². The summed E-state index contributed by atoms with van der Waals surface area (Å²) < 4.78 is 0. The second-order valence-electron chi connectivity index (χ2n) is 6.92. The lowest BCUT2D eigenvalue weighted by atomic mass is 10.1. The Morgan fingerprint density at radius 3 is 2.26 bits per heavy atom. The van der Waals surface area contributed by atoms with E-state index < -0.39 is 16.4 Å². The monoisotopic (exact) mass is 367 g/mol. The van der Waals surface area contributed by atoms with Crippen LogP contribution in [-0.4, -0.2) is 22.3 Å². The van der Waals surface area contributed by atoms with Crippen molar-refractivity contribution in [3.05, 3.63) is 75.8 Å². The lowest BCUT2D eigenvalue weighted by molar-refractivity contribution is -0.384. The number of nitrogens with zero attached hydrogens (tertiary/aromatic N) is 1. The molecule has 0 saturated heterocycles. The van der Waals surface area contributed by atoms with Crippen molar-refractivity contribution in [3.8, 4) is 0 Å². The van der Waals surface area contributed by atoms with E-state index in [1.807, 2.05) is 20.8 Å². The zero-order valence-electron chi connectivity index (χ0n) is 15.4. The highest BCUT2D eigenvalue weighted by molar-refractivity contribution is 6.07. The van der Waals surface area contributed by atoms with Gasteiger partial charge in [0.25, 0.3) is 11.6 Å². The van der Waals surface area contributed by atoms with Crippen molar-refractivity contribution in [2.45, 2.75) is 26.3 Å². The van der Waals surface area contributed by atoms with Crippen LogP contribution in [0.3, 0.4) is 0 Å². The van der Waals surface area contributed by atoms with Crippen LogP contribution in [0.15, 0.2) is 54.6 Å². The first-order chi connectivity index (χ1) is 12.7. The highest BCUT2D eigenvalue weighted by Crippen LogP contribution is 2.17. The molecule has 0 aromatic heterocycles. The molecular weight excluding hydrogens is 346 g/mol. The summed E-state index contributed by atoms with van der Waals surface area (Å²) in [4.78, 5) is 34.7. The van der Waals surface area contributed by atoms with E-state index in [4.69, 9.17) is 0 Å². The second-order valence-corrected chi connectivity index (χ2v) is 6.92. The molecule has 2 aromatic carbocycles. The molecule has 140 valence electrons. The van der Waals surface area contributed by atoms with Gasteiger partial charge in [-0.15, -0.1) is 0 Å². The molecule has 0 bridgehead atoms. The van der Waals surface area contributed by atoms with Gasteiger partial charge in [0.1, 0.15) is 0 Å². The first-order valence-corrected chi connectivity index (χ1v) is 8.31. The first kappa shape index (κ1) is 19.8. The number of carbonyl (C=O) groups excluding carboxylic acids is 2. The van der Waals surface area contributed by atoms with Gasteiger partial charge in [-0.05, 0) is 56.7 Å². The fraction of sp³-hybridized carbons (Fsp3) is 0.200. The number of benzene rings is 2. The van der Waals surface area contributed by atoms with Gasteiger partial charge in [0, 0.05) is 23.7 Å². The third-order valence-electron chi connectivity index (χ3n) is 3.45. The summed E-state index contributed by atoms with van der Waals surface area (Å²) >= 11 is 0. The molecule has 7 heteroatoms. The minimum Gasteiger partial charge on any atom is -0.347 e. The molecule has 0 aliphatic rings. The molecule has 0 atom stereocenters. The molecule has 7 nitrogen and oxygen atoms in total. The van der Waals surface area contributed by atoms with E-state index in [0.717, 1.165) is 0 Å². The van der Waals surface area contributed by atoms with Gasteiger partial charge < -0.3 is 10.6 Å². The average molecular weight is 367 g/mol. The summed E-state index contributed by atoms with van der Waals surface area (Å²) in [7, 11) is 0. The summed E-state index contributed by atoms with van der Waals surface area (Å²) in [5.74, 6) is -0.692. The summed E-state index contributed by atoms with van der Waals surface area (Å²) in [6, 6.07) is 12.6. The third kappa shape index (κ3) is 6.07. The molecule has 2 rings (SSSR count). The van der Waals surface area contributed by atoms with Crippen molar-refractivity contribution < 1.29 is 14.5 Å². The van der Waals surface area contributed by atoms with Gasteiger partial charge in [-0.2, -0.15) is 0 Å². The maximum atomic E-state index is 12.4. The van der Waals surface area contributed by atoms with E-state index >= 15 is 0 Å². The largest absolute Gasteiger partial charge is 0.347 e. The van der Waals surface area contributed by atoms with Crippen molar-refractivity contribution in [1.29, 1.82) is 0 Å². The highest BCUT2D eigenvalue weighted by Gasteiger charge is 2.18. The minimum atomic E-state index is -0.486. The predicted molar refractivity (Wildman–Crippen MR) is 104 cm³/mol. The molecule has 0 unspecified atom stereocenters. The molecule has 27 heavy (non-hydrogen) atoms. The van der Waals surface area contributed by atoms with Crippen LogP contribution in [0.25, 0.3) is 6.08 Å². The highest BCUT2D eigenvalue weighted by atomic mass is 16.6. The third-order valence-corrected chi connectivity index (χ3v) is 3.45. The van der Waals surface area contributed by atoms with Crippen molar-refractivity contribution in [2.24, 2.45) is 0 Å². The van der Waals surface area contributed by atoms with Crippen LogP contribution in [0, 0.1) is 10.1 Å². The summed E-state index contributed by atoms with van der Waals surface area (Å²) in [6.45, 7) is 5.62. The van der Waals surface area contributed by atoms with Gasteiger partial charge in [-0.3, -0.25) is 19.7 Å². The summed E-state index contributed by atoms with van der Waals surface area (Å²) in [6.07, 6.45) is 2.84. The molecule has 0 radical (unpaired) electrons. The van der Waals surface area contributed by atoms with Gasteiger partial charge in [0.05, 0.1) is 16.2 Å². The number of nitrogens with one attached hydrogen (secondary N) is 2. The van der Waals surface area contributed by atoms with Gasteiger partial charge in [-0.1, -0.05) is 12.1 Å². The minimum absolute atomic E-state index is 0.0182. The first-order valence-electron chi connectivity index (χ1n) is 8.31. The Bertz CT molecular complexity index is 881. The molecule has 0 heterocycles. The summed E-state index contributed by atoms with van der Waals surface area (Å²) in [5, 5.41) is 16.2. The van der Waals surface area contributed by atoms with Crippen LogP contribution in [0.4, 0.5) is 11.4 Å². The van der Waals surface area contributed by atoms with E-state index in [1.54, 1.807) is 36.4 Å². The second kappa shape index (κ2) is 8.27. The summed E-state index contributed by atoms with van der Waals surface area (Å²) in [5.41, 5.74) is 0.997. The molecule has 0 spiro atoms. The molecule has 0 fully saturated rings. The Labute approximate surface area is 157 Å². The number of non-ortho nitro benzene ring substituents is 1. The number of hydrogen-bond donors (Lipinski definition) is 2. The van der Waals surface area contributed by atoms with E-state index in [9.17, 15) is 19.7 Å². The Morgan fingerprint density at radius 1 is 1.04 bits per heavy atom. The number of anilines is 1. The molecule has 0 saturated carbocycles.